The lowest BCUT2D eigenvalue weighted by Crippen LogP contribution is -2.45. The van der Waals surface area contributed by atoms with E-state index in [0.29, 0.717) is 47.3 Å². The van der Waals surface area contributed by atoms with Gasteiger partial charge in [-0.3, -0.25) is 4.79 Å². The lowest BCUT2D eigenvalue weighted by Gasteiger charge is -2.28. The van der Waals surface area contributed by atoms with Crippen LogP contribution in [0.4, 0.5) is 4.79 Å². The molecule has 1 aliphatic heterocycles. The van der Waals surface area contributed by atoms with Crippen LogP contribution in [0.2, 0.25) is 0 Å². The second-order valence-electron chi connectivity index (χ2n) is 9.70. The number of nitrogens with one attached hydrogen (secondary N) is 3. The highest BCUT2D eigenvalue weighted by molar-refractivity contribution is 5.95. The summed E-state index contributed by atoms with van der Waals surface area (Å²) in [6.07, 6.45) is 1.49. The molecule has 3 aromatic carbocycles. The monoisotopic (exact) mass is 616 g/mol. The van der Waals surface area contributed by atoms with Crippen LogP contribution in [0.15, 0.2) is 83.1 Å². The molecule has 45 heavy (non-hydrogen) atoms. The summed E-state index contributed by atoms with van der Waals surface area (Å²) in [6.45, 7) is 5.90. The Kier molecular flexibility index (Phi) is 11.4. The molecule has 1 atom stereocenters. The number of rotatable bonds is 14. The molecule has 3 N–H and O–H groups in total. The van der Waals surface area contributed by atoms with Gasteiger partial charge in [-0.05, 0) is 67.8 Å². The minimum atomic E-state index is -0.772. The van der Waals surface area contributed by atoms with E-state index in [-0.39, 0.29) is 24.5 Å². The van der Waals surface area contributed by atoms with Crippen molar-refractivity contribution >= 4 is 24.1 Å². The van der Waals surface area contributed by atoms with Crippen molar-refractivity contribution in [3.05, 3.63) is 94.7 Å². The summed E-state index contributed by atoms with van der Waals surface area (Å²) in [5.74, 6) is 0.694. The molecule has 0 aliphatic carbocycles. The maximum Gasteiger partial charge on any atom is 0.338 e. The van der Waals surface area contributed by atoms with Crippen molar-refractivity contribution in [2.45, 2.75) is 33.4 Å². The largest absolute Gasteiger partial charge is 0.493 e. The standard InChI is InChI=1S/C33H36N4O8/c1-5-42-28-16-23(12-14-26(28)44-19-22-10-8-7-9-11-22)18-34-37-29(38)20-45-25-15-13-24(17-27(25)41-4)31-30(32(39)43-6-2)21(3)35-33(40)36-31/h7-18,31H,5-6,19-20H2,1-4H3,(H,37,38)(H2,35,36,40)/b34-18-/t31-/m1/s1. The third-order valence-corrected chi connectivity index (χ3v) is 6.55. The molecule has 236 valence electrons. The Morgan fingerprint density at radius 3 is 2.40 bits per heavy atom. The number of urea groups is 1. The molecule has 12 heteroatoms. The average molecular weight is 617 g/mol. The Labute approximate surface area is 261 Å². The quantitative estimate of drug-likeness (QED) is 0.137. The van der Waals surface area contributed by atoms with Crippen LogP contribution in [-0.4, -0.2) is 51.1 Å². The van der Waals surface area contributed by atoms with Gasteiger partial charge in [0.05, 0.1) is 38.2 Å². The van der Waals surface area contributed by atoms with Gasteiger partial charge in [-0.25, -0.2) is 15.0 Å². The number of amides is 3. The van der Waals surface area contributed by atoms with Gasteiger partial charge in [-0.2, -0.15) is 5.10 Å². The van der Waals surface area contributed by atoms with Crippen LogP contribution in [-0.2, 0) is 20.9 Å². The predicted molar refractivity (Wildman–Crippen MR) is 166 cm³/mol. The molecule has 0 unspecified atom stereocenters. The number of ether oxygens (including phenoxy) is 5. The summed E-state index contributed by atoms with van der Waals surface area (Å²) in [4.78, 5) is 37.2. The van der Waals surface area contributed by atoms with E-state index in [9.17, 15) is 14.4 Å². The van der Waals surface area contributed by atoms with Crippen LogP contribution in [0.25, 0.3) is 0 Å². The maximum atomic E-state index is 12.6. The summed E-state index contributed by atoms with van der Waals surface area (Å²) >= 11 is 0. The van der Waals surface area contributed by atoms with Gasteiger partial charge in [0, 0.05) is 5.70 Å². The minimum absolute atomic E-state index is 0.184. The number of carbonyl (C=O) groups is 3. The number of benzene rings is 3. The Hall–Kier alpha value is -5.52. The van der Waals surface area contributed by atoms with Crippen molar-refractivity contribution in [1.82, 2.24) is 16.1 Å². The van der Waals surface area contributed by atoms with E-state index in [1.54, 1.807) is 50.2 Å². The fourth-order valence-electron chi connectivity index (χ4n) is 4.49. The highest BCUT2D eigenvalue weighted by Gasteiger charge is 2.32. The minimum Gasteiger partial charge on any atom is -0.493 e. The maximum absolute atomic E-state index is 12.6. The Morgan fingerprint density at radius 1 is 0.911 bits per heavy atom. The number of carbonyl (C=O) groups excluding carboxylic acids is 3. The zero-order chi connectivity index (χ0) is 32.2. The normalized spacial score (nSPS) is 14.3. The summed E-state index contributed by atoms with van der Waals surface area (Å²) in [7, 11) is 1.44. The summed E-state index contributed by atoms with van der Waals surface area (Å²) in [6, 6.07) is 18.8. The van der Waals surface area contributed by atoms with Crippen LogP contribution in [0.5, 0.6) is 23.0 Å². The number of hydrogen-bond acceptors (Lipinski definition) is 9. The van der Waals surface area contributed by atoms with Crippen molar-refractivity contribution in [1.29, 1.82) is 0 Å². The van der Waals surface area contributed by atoms with Gasteiger partial charge in [0.1, 0.15) is 6.61 Å². The van der Waals surface area contributed by atoms with Gasteiger partial charge in [-0.15, -0.1) is 0 Å². The summed E-state index contributed by atoms with van der Waals surface area (Å²) in [5.41, 5.74) is 5.39. The molecule has 3 amide bonds. The number of methoxy groups -OCH3 is 1. The van der Waals surface area contributed by atoms with E-state index >= 15 is 0 Å². The molecule has 3 aromatic rings. The second kappa shape index (κ2) is 15.8. The van der Waals surface area contributed by atoms with E-state index in [1.807, 2.05) is 37.3 Å². The third kappa shape index (κ3) is 8.75. The first kappa shape index (κ1) is 32.4. The van der Waals surface area contributed by atoms with Crippen LogP contribution < -0.4 is 35.0 Å². The smallest absolute Gasteiger partial charge is 0.338 e. The van der Waals surface area contributed by atoms with Crippen molar-refractivity contribution in [3.8, 4) is 23.0 Å². The fourth-order valence-corrected chi connectivity index (χ4v) is 4.49. The highest BCUT2D eigenvalue weighted by atomic mass is 16.5. The number of allylic oxidation sites excluding steroid dienone is 1. The Bertz CT molecular complexity index is 1570. The number of hydrogen-bond donors (Lipinski definition) is 3. The molecule has 12 nitrogen and oxygen atoms in total. The molecule has 0 bridgehead atoms. The van der Waals surface area contributed by atoms with Crippen LogP contribution in [0.1, 0.15) is 43.5 Å². The fraction of sp³-hybridized carbons (Fsp3) is 0.273. The predicted octanol–water partition coefficient (Wildman–Crippen LogP) is 4.39. The van der Waals surface area contributed by atoms with Crippen LogP contribution in [0, 0.1) is 0 Å². The topological polar surface area (TPSA) is 146 Å². The molecule has 0 radical (unpaired) electrons. The first-order valence-electron chi connectivity index (χ1n) is 14.3. The summed E-state index contributed by atoms with van der Waals surface area (Å²) in [5, 5.41) is 9.35. The molecule has 0 fully saturated rings. The van der Waals surface area contributed by atoms with Gasteiger partial charge in [0.2, 0.25) is 0 Å². The van der Waals surface area contributed by atoms with E-state index in [0.717, 1.165) is 5.56 Å². The first-order valence-corrected chi connectivity index (χ1v) is 14.3. The molecule has 0 saturated heterocycles. The van der Waals surface area contributed by atoms with E-state index in [4.69, 9.17) is 23.7 Å². The van der Waals surface area contributed by atoms with Gasteiger partial charge in [0.15, 0.2) is 29.6 Å². The number of hydrazone groups is 1. The van der Waals surface area contributed by atoms with Crippen molar-refractivity contribution in [2.24, 2.45) is 5.10 Å². The molecule has 1 heterocycles. The third-order valence-electron chi connectivity index (χ3n) is 6.55. The number of nitrogens with zero attached hydrogens (tertiary/aromatic N) is 1. The average Bonchev–Trinajstić information content (AvgIpc) is 3.03. The van der Waals surface area contributed by atoms with E-state index < -0.39 is 23.9 Å². The first-order chi connectivity index (χ1) is 21.8. The molecule has 0 spiro atoms. The zero-order valence-corrected chi connectivity index (χ0v) is 25.5. The van der Waals surface area contributed by atoms with Crippen LogP contribution >= 0.6 is 0 Å². The number of esters is 1. The SMILES string of the molecule is CCOC(=O)C1=C(C)NC(=O)N[C@@H]1c1ccc(OCC(=O)N/N=C\c2ccc(OCc3ccccc3)c(OCC)c2)c(OC)c1. The van der Waals surface area contributed by atoms with E-state index in [2.05, 4.69) is 21.2 Å². The lowest BCUT2D eigenvalue weighted by molar-refractivity contribution is -0.139. The Balaban J connectivity index is 1.36. The van der Waals surface area contributed by atoms with Crippen molar-refractivity contribution < 1.29 is 38.1 Å². The van der Waals surface area contributed by atoms with Crippen molar-refractivity contribution in [2.75, 3.05) is 26.9 Å². The van der Waals surface area contributed by atoms with Crippen molar-refractivity contribution in [3.63, 3.8) is 0 Å². The lowest BCUT2D eigenvalue weighted by atomic mass is 9.95. The van der Waals surface area contributed by atoms with Gasteiger partial charge in [-0.1, -0.05) is 36.4 Å². The van der Waals surface area contributed by atoms with E-state index in [1.165, 1.54) is 13.3 Å². The van der Waals surface area contributed by atoms with Gasteiger partial charge in [0.25, 0.3) is 5.91 Å². The Morgan fingerprint density at radius 2 is 1.67 bits per heavy atom. The van der Waals surface area contributed by atoms with Crippen LogP contribution in [0.3, 0.4) is 0 Å². The molecular weight excluding hydrogens is 580 g/mol. The highest BCUT2D eigenvalue weighted by Crippen LogP contribution is 2.34. The molecule has 4 rings (SSSR count). The van der Waals surface area contributed by atoms with Gasteiger partial charge < -0.3 is 34.3 Å². The molecule has 1 aliphatic rings. The molecule has 0 saturated carbocycles. The second-order valence-corrected chi connectivity index (χ2v) is 9.70. The molecule has 0 aromatic heterocycles. The zero-order valence-electron chi connectivity index (χ0n) is 25.5. The summed E-state index contributed by atoms with van der Waals surface area (Å²) < 4.78 is 28.0. The molecular formula is C33H36N4O8. The van der Waals surface area contributed by atoms with Gasteiger partial charge >= 0.3 is 12.0 Å².